The van der Waals surface area contributed by atoms with Crippen molar-refractivity contribution in [2.45, 2.75) is 26.1 Å². The Hall–Kier alpha value is -1.94. The van der Waals surface area contributed by atoms with E-state index in [-0.39, 0.29) is 47.9 Å². The van der Waals surface area contributed by atoms with Crippen LogP contribution in [0.25, 0.3) is 0 Å². The van der Waals surface area contributed by atoms with Gasteiger partial charge in [0.2, 0.25) is 0 Å². The molecule has 2 aromatic carbocycles. The van der Waals surface area contributed by atoms with Gasteiger partial charge in [0.05, 0.1) is 13.1 Å². The summed E-state index contributed by atoms with van der Waals surface area (Å²) in [6.07, 6.45) is -1.36. The molecule has 0 aromatic heterocycles. The second kappa shape index (κ2) is 12.5. The minimum absolute atomic E-state index is 0. The van der Waals surface area contributed by atoms with Crippen LogP contribution in [-0.2, 0) is 0 Å². The SMILES string of the molecule is CCNC(=NCC(O)c1ccccc1F)NCC(C)Oc1ccccc1F.I. The molecule has 0 amide bonds. The average molecular weight is 505 g/mol. The minimum atomic E-state index is -1.05. The van der Waals surface area contributed by atoms with Crippen molar-refractivity contribution in [3.8, 4) is 5.75 Å². The molecule has 3 N–H and O–H groups in total. The Morgan fingerprint density at radius 2 is 1.71 bits per heavy atom. The maximum absolute atomic E-state index is 13.7. The molecule has 0 spiro atoms. The molecule has 28 heavy (non-hydrogen) atoms. The number of hydrogen-bond donors (Lipinski definition) is 3. The average Bonchev–Trinajstić information content (AvgIpc) is 2.66. The van der Waals surface area contributed by atoms with E-state index < -0.39 is 17.7 Å². The van der Waals surface area contributed by atoms with Crippen molar-refractivity contribution < 1.29 is 18.6 Å². The predicted octanol–water partition coefficient (Wildman–Crippen LogP) is 3.64. The van der Waals surface area contributed by atoms with Crippen LogP contribution < -0.4 is 15.4 Å². The zero-order valence-corrected chi connectivity index (χ0v) is 18.2. The highest BCUT2D eigenvalue weighted by Crippen LogP contribution is 2.17. The van der Waals surface area contributed by atoms with Crippen molar-refractivity contribution in [2.75, 3.05) is 19.6 Å². The topological polar surface area (TPSA) is 65.9 Å². The van der Waals surface area contributed by atoms with Crippen molar-refractivity contribution in [3.05, 3.63) is 65.7 Å². The zero-order chi connectivity index (χ0) is 19.6. The van der Waals surface area contributed by atoms with E-state index in [1.165, 1.54) is 18.2 Å². The maximum Gasteiger partial charge on any atom is 0.191 e. The molecule has 0 saturated carbocycles. The van der Waals surface area contributed by atoms with Crippen LogP contribution in [0.5, 0.6) is 5.75 Å². The van der Waals surface area contributed by atoms with Gasteiger partial charge in [-0.15, -0.1) is 24.0 Å². The Kier molecular flexibility index (Phi) is 10.8. The normalized spacial score (nSPS) is 13.2. The number of nitrogens with one attached hydrogen (secondary N) is 2. The van der Waals surface area contributed by atoms with E-state index in [2.05, 4.69) is 15.6 Å². The fraction of sp³-hybridized carbons (Fsp3) is 0.350. The maximum atomic E-state index is 13.7. The van der Waals surface area contributed by atoms with E-state index in [0.29, 0.717) is 19.0 Å². The number of ether oxygens (including phenoxy) is 1. The van der Waals surface area contributed by atoms with Gasteiger partial charge in [-0.25, -0.2) is 8.78 Å². The molecule has 8 heteroatoms. The van der Waals surface area contributed by atoms with Crippen molar-refractivity contribution in [2.24, 2.45) is 4.99 Å². The third kappa shape index (κ3) is 7.59. The third-order valence-corrected chi connectivity index (χ3v) is 3.75. The number of hydrogen-bond acceptors (Lipinski definition) is 3. The zero-order valence-electron chi connectivity index (χ0n) is 15.9. The summed E-state index contributed by atoms with van der Waals surface area (Å²) in [5.74, 6) is -0.247. The van der Waals surface area contributed by atoms with E-state index in [9.17, 15) is 13.9 Å². The van der Waals surface area contributed by atoms with Gasteiger partial charge >= 0.3 is 0 Å². The van der Waals surface area contributed by atoms with E-state index in [4.69, 9.17) is 4.74 Å². The van der Waals surface area contributed by atoms with Gasteiger partial charge in [-0.2, -0.15) is 0 Å². The predicted molar refractivity (Wildman–Crippen MR) is 117 cm³/mol. The molecule has 2 rings (SSSR count). The number of nitrogens with zero attached hydrogens (tertiary/aromatic N) is 1. The monoisotopic (exact) mass is 505 g/mol. The summed E-state index contributed by atoms with van der Waals surface area (Å²) in [4.78, 5) is 4.28. The van der Waals surface area contributed by atoms with Crippen molar-refractivity contribution in [1.29, 1.82) is 0 Å². The van der Waals surface area contributed by atoms with Crippen LogP contribution in [0.3, 0.4) is 0 Å². The number of para-hydroxylation sites is 1. The van der Waals surface area contributed by atoms with Crippen LogP contribution in [-0.4, -0.2) is 36.8 Å². The Morgan fingerprint density at radius 1 is 1.07 bits per heavy atom. The number of aliphatic hydroxyl groups excluding tert-OH is 1. The summed E-state index contributed by atoms with van der Waals surface area (Å²) in [7, 11) is 0. The molecule has 2 unspecified atom stereocenters. The largest absolute Gasteiger partial charge is 0.486 e. The van der Waals surface area contributed by atoms with Crippen molar-refractivity contribution >= 4 is 29.9 Å². The molecule has 0 bridgehead atoms. The number of halogens is 3. The van der Waals surface area contributed by atoms with Gasteiger partial charge in [0, 0.05) is 12.1 Å². The lowest BCUT2D eigenvalue weighted by Gasteiger charge is -2.18. The van der Waals surface area contributed by atoms with Crippen LogP contribution >= 0.6 is 24.0 Å². The van der Waals surface area contributed by atoms with Gasteiger partial charge in [0.1, 0.15) is 18.0 Å². The van der Waals surface area contributed by atoms with E-state index in [1.807, 2.05) is 6.92 Å². The second-order valence-corrected chi connectivity index (χ2v) is 6.00. The van der Waals surface area contributed by atoms with Gasteiger partial charge < -0.3 is 20.5 Å². The lowest BCUT2D eigenvalue weighted by molar-refractivity contribution is 0.182. The summed E-state index contributed by atoms with van der Waals surface area (Å²) in [5.41, 5.74) is 0.202. The summed E-state index contributed by atoms with van der Waals surface area (Å²) in [6, 6.07) is 12.3. The van der Waals surface area contributed by atoms with E-state index >= 15 is 0 Å². The highest BCUT2D eigenvalue weighted by atomic mass is 127. The van der Waals surface area contributed by atoms with Crippen molar-refractivity contribution in [3.63, 3.8) is 0 Å². The van der Waals surface area contributed by atoms with Gasteiger partial charge in [-0.05, 0) is 32.0 Å². The molecule has 0 aliphatic rings. The molecule has 2 atom stereocenters. The van der Waals surface area contributed by atoms with Gasteiger partial charge in [-0.1, -0.05) is 30.3 Å². The van der Waals surface area contributed by atoms with Crippen LogP contribution in [0.2, 0.25) is 0 Å². The Morgan fingerprint density at radius 3 is 2.36 bits per heavy atom. The first kappa shape index (κ1) is 24.1. The fourth-order valence-corrected chi connectivity index (χ4v) is 2.40. The number of rotatable bonds is 8. The smallest absolute Gasteiger partial charge is 0.191 e. The molecule has 0 aliphatic heterocycles. The molecular formula is C20H26F2IN3O2. The van der Waals surface area contributed by atoms with Crippen LogP contribution in [0.1, 0.15) is 25.5 Å². The summed E-state index contributed by atoms with van der Waals surface area (Å²) >= 11 is 0. The number of guanidine groups is 1. The summed E-state index contributed by atoms with van der Waals surface area (Å²) in [5, 5.41) is 16.3. The first-order valence-electron chi connectivity index (χ1n) is 8.87. The quantitative estimate of drug-likeness (QED) is 0.291. The number of aliphatic imine (C=N–C) groups is 1. The standard InChI is InChI=1S/C20H25F2N3O2.HI/c1-3-23-20(25-13-18(26)15-8-4-5-9-16(15)21)24-12-14(2)27-19-11-7-6-10-17(19)22;/h4-11,14,18,26H,3,12-13H2,1-2H3,(H2,23,24,25);1H. The molecule has 0 heterocycles. The molecular weight excluding hydrogens is 479 g/mol. The molecule has 0 fully saturated rings. The molecule has 0 radical (unpaired) electrons. The van der Waals surface area contributed by atoms with Gasteiger partial charge in [0.25, 0.3) is 0 Å². The third-order valence-electron chi connectivity index (χ3n) is 3.75. The van der Waals surface area contributed by atoms with Crippen LogP contribution in [0.15, 0.2) is 53.5 Å². The summed E-state index contributed by atoms with van der Waals surface area (Å²) in [6.45, 7) is 4.69. The molecule has 154 valence electrons. The first-order chi connectivity index (χ1) is 13.0. The first-order valence-corrected chi connectivity index (χ1v) is 8.87. The lowest BCUT2D eigenvalue weighted by atomic mass is 10.1. The number of benzene rings is 2. The molecule has 0 aliphatic carbocycles. The van der Waals surface area contributed by atoms with E-state index in [1.54, 1.807) is 37.3 Å². The lowest BCUT2D eigenvalue weighted by Crippen LogP contribution is -2.42. The molecule has 0 saturated heterocycles. The van der Waals surface area contributed by atoms with Crippen LogP contribution in [0, 0.1) is 11.6 Å². The summed E-state index contributed by atoms with van der Waals surface area (Å²) < 4.78 is 32.9. The number of aliphatic hydroxyl groups is 1. The highest BCUT2D eigenvalue weighted by Gasteiger charge is 2.13. The Balaban J connectivity index is 0.00000392. The Labute approximate surface area is 181 Å². The molecule has 5 nitrogen and oxygen atoms in total. The van der Waals surface area contributed by atoms with Crippen molar-refractivity contribution in [1.82, 2.24) is 10.6 Å². The fourth-order valence-electron chi connectivity index (χ4n) is 2.40. The van der Waals surface area contributed by atoms with Gasteiger partial charge in [0.15, 0.2) is 17.5 Å². The highest BCUT2D eigenvalue weighted by molar-refractivity contribution is 14.0. The Bertz CT molecular complexity index is 762. The van der Waals surface area contributed by atoms with Gasteiger partial charge in [-0.3, -0.25) is 4.99 Å². The second-order valence-electron chi connectivity index (χ2n) is 6.00. The minimum Gasteiger partial charge on any atom is -0.486 e. The van der Waals surface area contributed by atoms with Crippen LogP contribution in [0.4, 0.5) is 8.78 Å². The van der Waals surface area contributed by atoms with E-state index in [0.717, 1.165) is 0 Å². The molecule has 2 aromatic rings.